The standard InChI is InChI=1S/C14H18O3.C4H11O2P/c1-5-17-13(16)8-12(15)14-10(3)6-9(2)7-11(14)4;1-3-5-7-6-4-2/h6-7H,5,8H2,1-4H3;7H,3-4H2,1-2H3. The van der Waals surface area contributed by atoms with E-state index in [1.54, 1.807) is 6.92 Å². The molecule has 5 nitrogen and oxygen atoms in total. The lowest BCUT2D eigenvalue weighted by molar-refractivity contribution is -0.141. The number of rotatable bonds is 8. The van der Waals surface area contributed by atoms with Crippen LogP contribution < -0.4 is 0 Å². The Labute approximate surface area is 147 Å². The van der Waals surface area contributed by atoms with Gasteiger partial charge in [-0.15, -0.1) is 0 Å². The van der Waals surface area contributed by atoms with Crippen molar-refractivity contribution in [3.63, 3.8) is 0 Å². The highest BCUT2D eigenvalue weighted by atomic mass is 31.1. The Bertz CT molecular complexity index is 501. The molecule has 0 saturated carbocycles. The van der Waals surface area contributed by atoms with Gasteiger partial charge < -0.3 is 13.8 Å². The predicted octanol–water partition coefficient (Wildman–Crippen LogP) is 4.32. The van der Waals surface area contributed by atoms with Crippen LogP contribution in [0.3, 0.4) is 0 Å². The summed E-state index contributed by atoms with van der Waals surface area (Å²) in [5, 5.41) is 0. The number of ketones is 1. The number of hydrogen-bond acceptors (Lipinski definition) is 5. The highest BCUT2D eigenvalue weighted by molar-refractivity contribution is 7.26. The smallest absolute Gasteiger partial charge is 0.313 e. The minimum Gasteiger partial charge on any atom is -0.466 e. The van der Waals surface area contributed by atoms with E-state index in [9.17, 15) is 9.59 Å². The third-order valence-electron chi connectivity index (χ3n) is 2.97. The minimum absolute atomic E-state index is 0.168. The summed E-state index contributed by atoms with van der Waals surface area (Å²) in [5.41, 5.74) is 3.59. The molecule has 0 heterocycles. The molecule has 0 fully saturated rings. The summed E-state index contributed by atoms with van der Waals surface area (Å²) in [6.45, 7) is 13.2. The lowest BCUT2D eigenvalue weighted by Gasteiger charge is -2.09. The van der Waals surface area contributed by atoms with Crippen molar-refractivity contribution in [3.05, 3.63) is 34.4 Å². The van der Waals surface area contributed by atoms with Crippen molar-refractivity contribution in [3.8, 4) is 0 Å². The molecule has 1 rings (SSSR count). The van der Waals surface area contributed by atoms with E-state index in [4.69, 9.17) is 13.8 Å². The summed E-state index contributed by atoms with van der Waals surface area (Å²) in [4.78, 5) is 23.3. The van der Waals surface area contributed by atoms with Crippen LogP contribution in [0.25, 0.3) is 0 Å². The molecule has 0 amide bonds. The lowest BCUT2D eigenvalue weighted by Crippen LogP contribution is -2.13. The Morgan fingerprint density at radius 1 is 0.917 bits per heavy atom. The SMILES string of the molecule is CCOC(=O)CC(=O)c1c(C)cc(C)cc1C.CCOPOCC. The van der Waals surface area contributed by atoms with E-state index in [-0.39, 0.29) is 21.2 Å². The van der Waals surface area contributed by atoms with E-state index < -0.39 is 5.97 Å². The second kappa shape index (κ2) is 13.1. The molecule has 0 aliphatic heterocycles. The number of hydrogen-bond donors (Lipinski definition) is 0. The Hall–Kier alpha value is -1.29. The minimum atomic E-state index is -0.461. The van der Waals surface area contributed by atoms with E-state index >= 15 is 0 Å². The number of Topliss-reactive ketones (excluding diaryl/α,β-unsaturated/α-hetero) is 1. The van der Waals surface area contributed by atoms with Crippen molar-refractivity contribution < 1.29 is 23.4 Å². The first kappa shape index (κ1) is 22.7. The fraction of sp³-hybridized carbons (Fsp3) is 0.556. The number of ether oxygens (including phenoxy) is 1. The van der Waals surface area contributed by atoms with E-state index in [2.05, 4.69) is 0 Å². The van der Waals surface area contributed by atoms with Crippen molar-refractivity contribution in [2.75, 3.05) is 19.8 Å². The zero-order valence-electron chi connectivity index (χ0n) is 15.5. The normalized spacial score (nSPS) is 9.92. The molecule has 136 valence electrons. The van der Waals surface area contributed by atoms with Crippen LogP contribution in [0.1, 0.15) is 54.2 Å². The van der Waals surface area contributed by atoms with E-state index in [0.717, 1.165) is 29.9 Å². The van der Waals surface area contributed by atoms with Crippen LogP contribution in [0.5, 0.6) is 0 Å². The largest absolute Gasteiger partial charge is 0.466 e. The molecule has 0 bridgehead atoms. The van der Waals surface area contributed by atoms with Crippen molar-refractivity contribution in [2.24, 2.45) is 0 Å². The van der Waals surface area contributed by atoms with Crippen LogP contribution in [0, 0.1) is 20.8 Å². The Balaban J connectivity index is 0.000000640. The molecule has 0 aliphatic carbocycles. The van der Waals surface area contributed by atoms with Gasteiger partial charge in [-0.1, -0.05) is 17.7 Å². The quantitative estimate of drug-likeness (QED) is 0.228. The second-order valence-corrected chi connectivity index (χ2v) is 5.87. The summed E-state index contributed by atoms with van der Waals surface area (Å²) < 4.78 is 14.5. The summed E-state index contributed by atoms with van der Waals surface area (Å²) in [6, 6.07) is 3.90. The maximum Gasteiger partial charge on any atom is 0.313 e. The highest BCUT2D eigenvalue weighted by Crippen LogP contribution is 2.18. The summed E-state index contributed by atoms with van der Waals surface area (Å²) >= 11 is 0. The predicted molar refractivity (Wildman–Crippen MR) is 97.8 cm³/mol. The molecule has 6 heteroatoms. The number of aryl methyl sites for hydroxylation is 3. The van der Waals surface area contributed by atoms with Crippen molar-refractivity contribution in [1.29, 1.82) is 0 Å². The third-order valence-corrected chi connectivity index (χ3v) is 3.79. The molecule has 0 unspecified atom stereocenters. The van der Waals surface area contributed by atoms with Gasteiger partial charge >= 0.3 is 5.97 Å². The van der Waals surface area contributed by atoms with Gasteiger partial charge in [0.15, 0.2) is 14.8 Å². The van der Waals surface area contributed by atoms with E-state index in [0.29, 0.717) is 12.2 Å². The number of esters is 1. The van der Waals surface area contributed by atoms with Crippen LogP contribution in [0.2, 0.25) is 0 Å². The highest BCUT2D eigenvalue weighted by Gasteiger charge is 2.16. The van der Waals surface area contributed by atoms with Gasteiger partial charge in [0.1, 0.15) is 6.42 Å². The maximum absolute atomic E-state index is 12.0. The van der Waals surface area contributed by atoms with Crippen LogP contribution in [0.4, 0.5) is 0 Å². The van der Waals surface area contributed by atoms with Gasteiger partial charge in [-0.05, 0) is 52.7 Å². The Morgan fingerprint density at radius 2 is 1.42 bits per heavy atom. The molecule has 0 N–H and O–H groups in total. The van der Waals surface area contributed by atoms with Gasteiger partial charge in [-0.25, -0.2) is 0 Å². The first-order valence-electron chi connectivity index (χ1n) is 8.12. The van der Waals surface area contributed by atoms with Gasteiger partial charge in [0.2, 0.25) is 0 Å². The van der Waals surface area contributed by atoms with E-state index in [1.807, 2.05) is 46.8 Å². The number of carbonyl (C=O) groups is 2. The molecule has 0 atom stereocenters. The second-order valence-electron chi connectivity index (χ2n) is 5.13. The van der Waals surface area contributed by atoms with Gasteiger partial charge in [0.05, 0.1) is 19.8 Å². The van der Waals surface area contributed by atoms with E-state index in [1.165, 1.54) is 0 Å². The maximum atomic E-state index is 12.0. The average Bonchev–Trinajstić information content (AvgIpc) is 2.47. The van der Waals surface area contributed by atoms with Crippen LogP contribution in [0.15, 0.2) is 12.1 Å². The molecule has 0 spiro atoms. The van der Waals surface area contributed by atoms with Crippen molar-refractivity contribution in [1.82, 2.24) is 0 Å². The molecular weight excluding hydrogens is 327 g/mol. The molecule has 1 aromatic rings. The molecule has 24 heavy (non-hydrogen) atoms. The Kier molecular flexibility index (Phi) is 12.4. The fourth-order valence-corrected chi connectivity index (χ4v) is 2.53. The molecule has 0 saturated heterocycles. The Morgan fingerprint density at radius 3 is 1.83 bits per heavy atom. The fourth-order valence-electron chi connectivity index (χ4n) is 2.21. The van der Waals surface area contributed by atoms with Gasteiger partial charge in [0.25, 0.3) is 0 Å². The van der Waals surface area contributed by atoms with Crippen LogP contribution in [-0.2, 0) is 18.6 Å². The first-order valence-corrected chi connectivity index (χ1v) is 8.94. The zero-order valence-corrected chi connectivity index (χ0v) is 16.5. The number of carbonyl (C=O) groups excluding carboxylic acids is 2. The van der Waals surface area contributed by atoms with Gasteiger partial charge in [0, 0.05) is 5.56 Å². The molecular formula is C18H29O5P. The lowest BCUT2D eigenvalue weighted by atomic mass is 9.95. The van der Waals surface area contributed by atoms with Gasteiger partial charge in [-0.3, -0.25) is 9.59 Å². The molecule has 0 aliphatic rings. The molecule has 1 aromatic carbocycles. The average molecular weight is 356 g/mol. The molecule has 0 aromatic heterocycles. The summed E-state index contributed by atoms with van der Waals surface area (Å²) in [5.74, 6) is -0.629. The third kappa shape index (κ3) is 9.11. The summed E-state index contributed by atoms with van der Waals surface area (Å²) in [7, 11) is 0.232. The number of benzene rings is 1. The van der Waals surface area contributed by atoms with Crippen molar-refractivity contribution >= 4 is 20.8 Å². The van der Waals surface area contributed by atoms with Crippen LogP contribution in [-0.4, -0.2) is 31.6 Å². The first-order chi connectivity index (χ1) is 11.4. The monoisotopic (exact) mass is 356 g/mol. The zero-order chi connectivity index (χ0) is 18.5. The summed E-state index contributed by atoms with van der Waals surface area (Å²) in [6.07, 6.45) is -0.182. The van der Waals surface area contributed by atoms with Crippen molar-refractivity contribution in [2.45, 2.75) is 48.0 Å². The van der Waals surface area contributed by atoms with Gasteiger partial charge in [-0.2, -0.15) is 0 Å². The topological polar surface area (TPSA) is 61.8 Å². The van der Waals surface area contributed by atoms with Crippen LogP contribution >= 0.6 is 9.03 Å². The molecule has 0 radical (unpaired) electrons.